The van der Waals surface area contributed by atoms with Gasteiger partial charge in [-0.3, -0.25) is 14.4 Å². The Balaban J connectivity index is 1.65. The van der Waals surface area contributed by atoms with Crippen LogP contribution in [0.4, 0.5) is 11.4 Å². The summed E-state index contributed by atoms with van der Waals surface area (Å²) in [5, 5.41) is 12.9. The molecule has 2 aliphatic heterocycles. The molecule has 6 nitrogen and oxygen atoms in total. The number of anilines is 2. The summed E-state index contributed by atoms with van der Waals surface area (Å²) in [6, 6.07) is 17.5. The van der Waals surface area contributed by atoms with E-state index >= 15 is 0 Å². The van der Waals surface area contributed by atoms with Gasteiger partial charge in [0.05, 0.1) is 22.4 Å². The first-order valence-corrected chi connectivity index (χ1v) is 10.8. The molecular weight excluding hydrogens is 475 g/mol. The minimum atomic E-state index is -1.09. The van der Waals surface area contributed by atoms with Crippen molar-refractivity contribution >= 4 is 58.0 Å². The number of hydroxylamine groups is 1. The second kappa shape index (κ2) is 7.98. The maximum Gasteiger partial charge on any atom is 0.266 e. The Morgan fingerprint density at radius 3 is 2.25 bits per heavy atom. The molecule has 2 heterocycles. The van der Waals surface area contributed by atoms with Crippen molar-refractivity contribution in [1.29, 1.82) is 0 Å². The summed E-state index contributed by atoms with van der Waals surface area (Å²) in [6.07, 6.45) is -1.09. The van der Waals surface area contributed by atoms with Gasteiger partial charge in [0.15, 0.2) is 6.10 Å². The summed E-state index contributed by atoms with van der Waals surface area (Å²) in [7, 11) is 0. The molecule has 0 aliphatic carbocycles. The quantitative estimate of drug-likeness (QED) is 0.499. The molecule has 2 amide bonds. The van der Waals surface area contributed by atoms with Crippen LogP contribution in [0.5, 0.6) is 5.75 Å². The van der Waals surface area contributed by atoms with Crippen LogP contribution in [0.15, 0.2) is 66.7 Å². The standard InChI is InChI=1S/C23H15Cl3N2O4/c24-12-5-4-8-15(9-12)27-22(30)18-19(16-10-13(25)11-17(26)20(16)29)28(32-21(18)23(27)31)14-6-2-1-3-7-14/h1-11,18-19,21,29H/t18-,19-,21+/m0/s1. The van der Waals surface area contributed by atoms with Gasteiger partial charge < -0.3 is 5.11 Å². The van der Waals surface area contributed by atoms with E-state index in [9.17, 15) is 14.7 Å². The smallest absolute Gasteiger partial charge is 0.266 e. The van der Waals surface area contributed by atoms with Crippen LogP contribution in [0, 0.1) is 5.92 Å². The van der Waals surface area contributed by atoms with E-state index in [1.807, 2.05) is 6.07 Å². The van der Waals surface area contributed by atoms with E-state index in [4.69, 9.17) is 39.6 Å². The number of halogens is 3. The molecule has 0 aromatic heterocycles. The number of rotatable bonds is 3. The van der Waals surface area contributed by atoms with Crippen molar-refractivity contribution in [2.45, 2.75) is 12.1 Å². The highest BCUT2D eigenvalue weighted by Gasteiger charge is 2.60. The van der Waals surface area contributed by atoms with Gasteiger partial charge in [0.25, 0.3) is 5.91 Å². The van der Waals surface area contributed by atoms with Crippen LogP contribution in [0.3, 0.4) is 0 Å². The molecule has 3 aromatic rings. The molecule has 1 N–H and O–H groups in total. The summed E-state index contributed by atoms with van der Waals surface area (Å²) < 4.78 is 0. The highest BCUT2D eigenvalue weighted by atomic mass is 35.5. The molecule has 9 heteroatoms. The van der Waals surface area contributed by atoms with E-state index < -0.39 is 29.9 Å². The molecule has 162 valence electrons. The summed E-state index contributed by atoms with van der Waals surface area (Å²) in [5.74, 6) is -2.16. The third-order valence-corrected chi connectivity index (χ3v) is 6.31. The van der Waals surface area contributed by atoms with Crippen molar-refractivity contribution < 1.29 is 19.5 Å². The molecule has 0 unspecified atom stereocenters. The normalized spacial score (nSPS) is 22.5. The summed E-state index contributed by atoms with van der Waals surface area (Å²) >= 11 is 18.5. The largest absolute Gasteiger partial charge is 0.506 e. The lowest BCUT2D eigenvalue weighted by molar-refractivity contribution is -0.126. The summed E-state index contributed by atoms with van der Waals surface area (Å²) in [6.45, 7) is 0. The van der Waals surface area contributed by atoms with Gasteiger partial charge in [-0.05, 0) is 42.5 Å². The van der Waals surface area contributed by atoms with Crippen molar-refractivity contribution in [3.8, 4) is 5.75 Å². The molecule has 3 atom stereocenters. The molecule has 2 fully saturated rings. The number of carbonyl (C=O) groups is 2. The van der Waals surface area contributed by atoms with E-state index in [0.717, 1.165) is 4.90 Å². The first kappa shape index (κ1) is 21.1. The number of aromatic hydroxyl groups is 1. The Morgan fingerprint density at radius 2 is 1.53 bits per heavy atom. The first-order chi connectivity index (χ1) is 15.4. The second-order valence-electron chi connectivity index (χ2n) is 7.48. The lowest BCUT2D eigenvalue weighted by Gasteiger charge is -2.29. The number of amides is 2. The van der Waals surface area contributed by atoms with Gasteiger partial charge in [-0.15, -0.1) is 0 Å². The Hall–Kier alpha value is -2.77. The number of hydrogen-bond donors (Lipinski definition) is 1. The predicted molar refractivity (Wildman–Crippen MR) is 122 cm³/mol. The van der Waals surface area contributed by atoms with Crippen molar-refractivity contribution in [1.82, 2.24) is 0 Å². The number of phenols is 1. The number of hydrogen-bond acceptors (Lipinski definition) is 5. The van der Waals surface area contributed by atoms with Crippen LogP contribution < -0.4 is 9.96 Å². The lowest BCUT2D eigenvalue weighted by atomic mass is 9.90. The molecule has 0 spiro atoms. The monoisotopic (exact) mass is 488 g/mol. The van der Waals surface area contributed by atoms with Gasteiger partial charge in [-0.1, -0.05) is 59.1 Å². The van der Waals surface area contributed by atoms with E-state index in [0.29, 0.717) is 16.4 Å². The lowest BCUT2D eigenvalue weighted by Crippen LogP contribution is -2.37. The average Bonchev–Trinajstić information content (AvgIpc) is 3.27. The molecular formula is C23H15Cl3N2O4. The number of phenolic OH excluding ortho intramolecular Hbond substituents is 1. The molecule has 0 radical (unpaired) electrons. The topological polar surface area (TPSA) is 70.1 Å². The molecule has 32 heavy (non-hydrogen) atoms. The SMILES string of the molecule is O=C1[C@@H]2[C@@H](ON(c3ccccc3)[C@H]2c2cc(Cl)cc(Cl)c2O)C(=O)N1c1cccc(Cl)c1. The van der Waals surface area contributed by atoms with Crippen molar-refractivity contribution in [2.24, 2.45) is 5.92 Å². The minimum absolute atomic E-state index is 0.0347. The Kier molecular flexibility index (Phi) is 5.26. The van der Waals surface area contributed by atoms with Gasteiger partial charge in [0, 0.05) is 15.6 Å². The fraction of sp³-hybridized carbons (Fsp3) is 0.130. The molecule has 0 saturated carbocycles. The fourth-order valence-corrected chi connectivity index (χ4v) is 4.90. The predicted octanol–water partition coefficient (Wildman–Crippen LogP) is 5.40. The van der Waals surface area contributed by atoms with E-state index in [-0.39, 0.29) is 21.4 Å². The van der Waals surface area contributed by atoms with Crippen LogP contribution in [0.25, 0.3) is 0 Å². The third-order valence-electron chi connectivity index (χ3n) is 5.57. The molecule has 0 bridgehead atoms. The molecule has 5 rings (SSSR count). The van der Waals surface area contributed by atoms with Crippen LogP contribution >= 0.6 is 34.8 Å². The number of carbonyl (C=O) groups excluding carboxylic acids is 2. The second-order valence-corrected chi connectivity index (χ2v) is 8.76. The van der Waals surface area contributed by atoms with Crippen molar-refractivity contribution in [3.63, 3.8) is 0 Å². The average molecular weight is 490 g/mol. The zero-order valence-electron chi connectivity index (χ0n) is 16.3. The minimum Gasteiger partial charge on any atom is -0.506 e. The molecule has 2 saturated heterocycles. The van der Waals surface area contributed by atoms with E-state index in [1.165, 1.54) is 23.3 Å². The van der Waals surface area contributed by atoms with E-state index in [2.05, 4.69) is 0 Å². The van der Waals surface area contributed by atoms with Crippen LogP contribution in [0.2, 0.25) is 15.1 Å². The molecule has 3 aromatic carbocycles. The zero-order valence-corrected chi connectivity index (χ0v) is 18.6. The highest BCUT2D eigenvalue weighted by molar-refractivity contribution is 6.35. The van der Waals surface area contributed by atoms with E-state index in [1.54, 1.807) is 42.5 Å². The van der Waals surface area contributed by atoms with Gasteiger partial charge in [-0.25, -0.2) is 9.96 Å². The van der Waals surface area contributed by atoms with Crippen LogP contribution in [-0.4, -0.2) is 23.0 Å². The third kappa shape index (κ3) is 3.31. The van der Waals surface area contributed by atoms with Crippen molar-refractivity contribution in [2.75, 3.05) is 9.96 Å². The van der Waals surface area contributed by atoms with Crippen LogP contribution in [-0.2, 0) is 14.4 Å². The maximum absolute atomic E-state index is 13.6. The number of nitrogens with zero attached hydrogens (tertiary/aromatic N) is 2. The highest BCUT2D eigenvalue weighted by Crippen LogP contribution is 2.51. The fourth-order valence-electron chi connectivity index (χ4n) is 4.21. The van der Waals surface area contributed by atoms with Crippen molar-refractivity contribution in [3.05, 3.63) is 87.4 Å². The number of para-hydroxylation sites is 1. The first-order valence-electron chi connectivity index (χ1n) is 9.69. The number of imide groups is 1. The van der Waals surface area contributed by atoms with Gasteiger partial charge in [-0.2, -0.15) is 0 Å². The Morgan fingerprint density at radius 1 is 0.812 bits per heavy atom. The number of fused-ring (bicyclic) bond motifs is 1. The Labute approximate surface area is 198 Å². The summed E-state index contributed by atoms with van der Waals surface area (Å²) in [4.78, 5) is 33.9. The zero-order chi connectivity index (χ0) is 22.6. The number of benzene rings is 3. The van der Waals surface area contributed by atoms with Gasteiger partial charge >= 0.3 is 0 Å². The van der Waals surface area contributed by atoms with Gasteiger partial charge in [0.1, 0.15) is 11.7 Å². The summed E-state index contributed by atoms with van der Waals surface area (Å²) in [5.41, 5.74) is 1.24. The van der Waals surface area contributed by atoms with Gasteiger partial charge in [0.2, 0.25) is 5.91 Å². The Bertz CT molecular complexity index is 1240. The maximum atomic E-state index is 13.6. The van der Waals surface area contributed by atoms with Crippen LogP contribution in [0.1, 0.15) is 11.6 Å². The molecule has 2 aliphatic rings.